The average Bonchev–Trinajstić information content (AvgIpc) is 2.64. The Morgan fingerprint density at radius 1 is 1.57 bits per heavy atom. The summed E-state index contributed by atoms with van der Waals surface area (Å²) in [5, 5.41) is 3.65. The Balaban J connectivity index is 2.94. The Labute approximate surface area is 82.0 Å². The molecule has 0 saturated carbocycles. The topological polar surface area (TPSA) is 64.9 Å². The van der Waals surface area contributed by atoms with Crippen LogP contribution in [0, 0.1) is 0 Å². The molecule has 14 heavy (non-hydrogen) atoms. The monoisotopic (exact) mass is 199 g/mol. The molecule has 2 N–H and O–H groups in total. The third-order valence-corrected chi connectivity index (χ3v) is 1.86. The molecule has 0 spiro atoms. The van der Waals surface area contributed by atoms with Gasteiger partial charge in [0.05, 0.1) is 0 Å². The lowest BCUT2D eigenvalue weighted by Crippen LogP contribution is -2.10. The molecule has 0 amide bonds. The van der Waals surface area contributed by atoms with Gasteiger partial charge in [0, 0.05) is 12.5 Å². The Kier molecular flexibility index (Phi) is 3.35. The molecular weight excluding hydrogens is 185 g/mol. The Morgan fingerprint density at radius 3 is 2.71 bits per heavy atom. The molecule has 4 nitrogen and oxygen atoms in total. The number of nitrogens with zero attached hydrogens (tertiary/aromatic N) is 2. The smallest absolute Gasteiger partial charge is 0.286 e. The summed E-state index contributed by atoms with van der Waals surface area (Å²) in [7, 11) is 0. The standard InChI is InChI=1S/C9H14FN3O/c1-5(2)7(10)9-12-8(13-14-9)6(3)4-11/h6H,4,11H2,1-3H3. The first-order valence-electron chi connectivity index (χ1n) is 4.43. The van der Waals surface area contributed by atoms with Gasteiger partial charge in [-0.25, -0.2) is 4.39 Å². The largest absolute Gasteiger partial charge is 0.331 e. The predicted molar refractivity (Wildman–Crippen MR) is 51.1 cm³/mol. The minimum absolute atomic E-state index is 0.0162. The van der Waals surface area contributed by atoms with Crippen molar-refractivity contribution >= 4 is 5.83 Å². The Hall–Kier alpha value is -1.23. The Morgan fingerprint density at radius 2 is 2.21 bits per heavy atom. The van der Waals surface area contributed by atoms with Crippen LogP contribution in [-0.4, -0.2) is 16.7 Å². The van der Waals surface area contributed by atoms with Gasteiger partial charge in [0.1, 0.15) is 0 Å². The maximum atomic E-state index is 13.3. The zero-order valence-electron chi connectivity index (χ0n) is 8.54. The van der Waals surface area contributed by atoms with E-state index in [0.29, 0.717) is 17.9 Å². The van der Waals surface area contributed by atoms with E-state index in [9.17, 15) is 4.39 Å². The van der Waals surface area contributed by atoms with Crippen molar-refractivity contribution in [3.05, 3.63) is 17.3 Å². The molecule has 1 aromatic heterocycles. The number of allylic oxidation sites excluding steroid dienone is 1. The normalized spacial score (nSPS) is 12.6. The summed E-state index contributed by atoms with van der Waals surface area (Å²) in [6.07, 6.45) is 0. The lowest BCUT2D eigenvalue weighted by atomic mass is 10.2. The number of halogens is 1. The van der Waals surface area contributed by atoms with E-state index in [-0.39, 0.29) is 11.8 Å². The van der Waals surface area contributed by atoms with Gasteiger partial charge >= 0.3 is 0 Å². The van der Waals surface area contributed by atoms with Gasteiger partial charge in [0.25, 0.3) is 5.89 Å². The first-order chi connectivity index (χ1) is 6.56. The SMILES string of the molecule is CC(C)=C(F)c1nc(C(C)CN)no1. The molecule has 78 valence electrons. The quantitative estimate of drug-likeness (QED) is 0.806. The van der Waals surface area contributed by atoms with Crippen molar-refractivity contribution in [1.29, 1.82) is 0 Å². The maximum absolute atomic E-state index is 13.3. The lowest BCUT2D eigenvalue weighted by Gasteiger charge is -1.98. The molecule has 0 aliphatic heterocycles. The van der Waals surface area contributed by atoms with Crippen LogP contribution >= 0.6 is 0 Å². The molecule has 1 rings (SSSR count). The molecule has 0 aromatic carbocycles. The van der Waals surface area contributed by atoms with Gasteiger partial charge in [-0.05, 0) is 19.4 Å². The molecule has 0 aliphatic carbocycles. The fourth-order valence-corrected chi connectivity index (χ4v) is 0.843. The molecular formula is C9H14FN3O. The molecule has 0 fully saturated rings. The van der Waals surface area contributed by atoms with E-state index in [2.05, 4.69) is 10.1 Å². The van der Waals surface area contributed by atoms with Crippen LogP contribution in [0.1, 0.15) is 38.4 Å². The summed E-state index contributed by atoms with van der Waals surface area (Å²) in [5.41, 5.74) is 5.94. The zero-order valence-corrected chi connectivity index (χ0v) is 8.54. The first-order valence-corrected chi connectivity index (χ1v) is 4.43. The van der Waals surface area contributed by atoms with Crippen LogP contribution in [0.4, 0.5) is 4.39 Å². The lowest BCUT2D eigenvalue weighted by molar-refractivity contribution is 0.388. The third kappa shape index (κ3) is 2.17. The van der Waals surface area contributed by atoms with Crippen LogP contribution in [-0.2, 0) is 0 Å². The summed E-state index contributed by atoms with van der Waals surface area (Å²) in [6, 6.07) is 0. The van der Waals surface area contributed by atoms with Crippen LogP contribution < -0.4 is 5.73 Å². The minimum Gasteiger partial charge on any atom is -0.331 e. The fourth-order valence-electron chi connectivity index (χ4n) is 0.843. The molecule has 1 heterocycles. The molecule has 1 atom stereocenters. The maximum Gasteiger partial charge on any atom is 0.286 e. The molecule has 0 radical (unpaired) electrons. The van der Waals surface area contributed by atoms with Gasteiger partial charge in [0.2, 0.25) is 0 Å². The van der Waals surface area contributed by atoms with Crippen molar-refractivity contribution in [2.24, 2.45) is 5.73 Å². The summed E-state index contributed by atoms with van der Waals surface area (Å²) >= 11 is 0. The molecule has 0 bridgehead atoms. The van der Waals surface area contributed by atoms with Gasteiger partial charge < -0.3 is 10.3 Å². The molecule has 5 heteroatoms. The van der Waals surface area contributed by atoms with Crippen molar-refractivity contribution in [2.75, 3.05) is 6.54 Å². The van der Waals surface area contributed by atoms with Gasteiger partial charge in [-0.15, -0.1) is 0 Å². The van der Waals surface area contributed by atoms with E-state index in [0.717, 1.165) is 0 Å². The number of hydrogen-bond acceptors (Lipinski definition) is 4. The van der Waals surface area contributed by atoms with Crippen LogP contribution in [0.5, 0.6) is 0 Å². The van der Waals surface area contributed by atoms with Crippen LogP contribution in [0.25, 0.3) is 5.83 Å². The highest BCUT2D eigenvalue weighted by molar-refractivity contribution is 5.53. The van der Waals surface area contributed by atoms with Crippen molar-refractivity contribution in [3.63, 3.8) is 0 Å². The summed E-state index contributed by atoms with van der Waals surface area (Å²) < 4.78 is 18.1. The summed E-state index contributed by atoms with van der Waals surface area (Å²) in [5.74, 6) is -0.107. The van der Waals surface area contributed by atoms with Crippen molar-refractivity contribution in [3.8, 4) is 0 Å². The fraction of sp³-hybridized carbons (Fsp3) is 0.556. The molecule has 1 unspecified atom stereocenters. The predicted octanol–water partition coefficient (Wildman–Crippen LogP) is 1.85. The minimum atomic E-state index is -0.465. The van der Waals surface area contributed by atoms with Crippen molar-refractivity contribution in [2.45, 2.75) is 26.7 Å². The highest BCUT2D eigenvalue weighted by Crippen LogP contribution is 2.19. The first kappa shape index (κ1) is 10.8. The average molecular weight is 199 g/mol. The van der Waals surface area contributed by atoms with Gasteiger partial charge in [-0.2, -0.15) is 4.98 Å². The van der Waals surface area contributed by atoms with Crippen LogP contribution in [0.3, 0.4) is 0 Å². The van der Waals surface area contributed by atoms with E-state index in [1.54, 1.807) is 13.8 Å². The van der Waals surface area contributed by atoms with Gasteiger partial charge in [-0.3, -0.25) is 0 Å². The zero-order chi connectivity index (χ0) is 10.7. The van der Waals surface area contributed by atoms with Gasteiger partial charge in [0.15, 0.2) is 11.7 Å². The van der Waals surface area contributed by atoms with Crippen LogP contribution in [0.15, 0.2) is 10.1 Å². The Bertz CT molecular complexity index is 342. The molecule has 0 saturated heterocycles. The summed E-state index contributed by atoms with van der Waals surface area (Å²) in [4.78, 5) is 3.91. The van der Waals surface area contributed by atoms with Crippen LogP contribution in [0.2, 0.25) is 0 Å². The van der Waals surface area contributed by atoms with Gasteiger partial charge in [-0.1, -0.05) is 12.1 Å². The second kappa shape index (κ2) is 4.32. The van der Waals surface area contributed by atoms with E-state index >= 15 is 0 Å². The van der Waals surface area contributed by atoms with Crippen molar-refractivity contribution in [1.82, 2.24) is 10.1 Å². The molecule has 1 aromatic rings. The number of nitrogens with two attached hydrogens (primary N) is 1. The highest BCUT2D eigenvalue weighted by atomic mass is 19.1. The van der Waals surface area contributed by atoms with E-state index in [1.807, 2.05) is 6.92 Å². The number of aromatic nitrogens is 2. The van der Waals surface area contributed by atoms with E-state index in [1.165, 1.54) is 0 Å². The van der Waals surface area contributed by atoms with E-state index < -0.39 is 5.83 Å². The second-order valence-corrected chi connectivity index (χ2v) is 3.41. The van der Waals surface area contributed by atoms with Crippen molar-refractivity contribution < 1.29 is 8.91 Å². The summed E-state index contributed by atoms with van der Waals surface area (Å²) in [6.45, 7) is 5.56. The highest BCUT2D eigenvalue weighted by Gasteiger charge is 2.15. The molecule has 0 aliphatic rings. The number of rotatable bonds is 3. The third-order valence-electron chi connectivity index (χ3n) is 1.86. The van der Waals surface area contributed by atoms with E-state index in [4.69, 9.17) is 10.3 Å². The second-order valence-electron chi connectivity index (χ2n) is 3.41. The number of hydrogen-bond donors (Lipinski definition) is 1.